The second-order valence-electron chi connectivity index (χ2n) is 5.50. The molecule has 0 atom stereocenters. The van der Waals surface area contributed by atoms with Gasteiger partial charge in [-0.15, -0.1) is 0 Å². The summed E-state index contributed by atoms with van der Waals surface area (Å²) in [6.07, 6.45) is 3.54. The van der Waals surface area contributed by atoms with Crippen molar-refractivity contribution in [3.8, 4) is 0 Å². The molecule has 7 heteroatoms. The van der Waals surface area contributed by atoms with E-state index in [0.717, 1.165) is 4.70 Å². The van der Waals surface area contributed by atoms with Gasteiger partial charge in [0, 0.05) is 24.9 Å². The minimum absolute atomic E-state index is 0.0309. The van der Waals surface area contributed by atoms with Gasteiger partial charge in [0.15, 0.2) is 5.13 Å². The van der Waals surface area contributed by atoms with E-state index in [-0.39, 0.29) is 17.6 Å². The smallest absolute Gasteiger partial charge is 0.231 e. The lowest BCUT2D eigenvalue weighted by Crippen LogP contribution is -2.36. The van der Waals surface area contributed by atoms with E-state index in [2.05, 4.69) is 10.1 Å². The number of hydrogen-bond donors (Lipinski definition) is 0. The predicted octanol–water partition coefficient (Wildman–Crippen LogP) is 3.32. The highest BCUT2D eigenvalue weighted by Crippen LogP contribution is 2.30. The zero-order valence-electron chi connectivity index (χ0n) is 12.9. The SMILES string of the molecule is CC(C)C(=O)N(CCn1cccn1)c1nc2c(F)cccc2s1. The molecular weight excluding hydrogens is 315 g/mol. The van der Waals surface area contributed by atoms with Gasteiger partial charge in [-0.25, -0.2) is 9.37 Å². The molecule has 1 aromatic carbocycles. The van der Waals surface area contributed by atoms with E-state index < -0.39 is 0 Å². The highest BCUT2D eigenvalue weighted by molar-refractivity contribution is 7.22. The number of nitrogens with zero attached hydrogens (tertiary/aromatic N) is 4. The summed E-state index contributed by atoms with van der Waals surface area (Å²) in [7, 11) is 0. The summed E-state index contributed by atoms with van der Waals surface area (Å²) in [6.45, 7) is 4.69. The molecule has 0 unspecified atom stereocenters. The van der Waals surface area contributed by atoms with E-state index in [1.54, 1.807) is 21.8 Å². The summed E-state index contributed by atoms with van der Waals surface area (Å²) in [4.78, 5) is 18.5. The average molecular weight is 332 g/mol. The largest absolute Gasteiger partial charge is 0.286 e. The maximum absolute atomic E-state index is 13.9. The minimum atomic E-state index is -0.367. The molecular formula is C16H17FN4OS. The number of fused-ring (bicyclic) bond motifs is 1. The number of amides is 1. The van der Waals surface area contributed by atoms with Crippen LogP contribution in [0.5, 0.6) is 0 Å². The number of aromatic nitrogens is 3. The number of para-hydroxylation sites is 1. The topological polar surface area (TPSA) is 51.0 Å². The first-order chi connectivity index (χ1) is 11.1. The first-order valence-corrected chi connectivity index (χ1v) is 8.22. The number of carbonyl (C=O) groups is 1. The van der Waals surface area contributed by atoms with Crippen molar-refractivity contribution in [2.24, 2.45) is 5.92 Å². The molecule has 0 radical (unpaired) electrons. The fourth-order valence-electron chi connectivity index (χ4n) is 2.27. The van der Waals surface area contributed by atoms with Crippen molar-refractivity contribution in [1.82, 2.24) is 14.8 Å². The Morgan fingerprint density at radius 2 is 2.22 bits per heavy atom. The zero-order chi connectivity index (χ0) is 16.4. The van der Waals surface area contributed by atoms with Gasteiger partial charge < -0.3 is 0 Å². The van der Waals surface area contributed by atoms with Gasteiger partial charge in [0.2, 0.25) is 5.91 Å². The molecule has 0 aliphatic heterocycles. The summed E-state index contributed by atoms with van der Waals surface area (Å²) in [6, 6.07) is 6.68. The Morgan fingerprint density at radius 3 is 2.87 bits per heavy atom. The maximum Gasteiger partial charge on any atom is 0.231 e. The number of anilines is 1. The zero-order valence-corrected chi connectivity index (χ0v) is 13.8. The van der Waals surface area contributed by atoms with Gasteiger partial charge in [0.05, 0.1) is 11.2 Å². The van der Waals surface area contributed by atoms with E-state index in [1.807, 2.05) is 32.2 Å². The number of thiazole rings is 1. The molecule has 0 saturated carbocycles. The van der Waals surface area contributed by atoms with Crippen molar-refractivity contribution in [3.05, 3.63) is 42.5 Å². The van der Waals surface area contributed by atoms with Crippen LogP contribution in [0.4, 0.5) is 9.52 Å². The molecule has 0 aliphatic carbocycles. The van der Waals surface area contributed by atoms with Crippen LogP contribution in [0, 0.1) is 11.7 Å². The molecule has 1 amide bonds. The molecule has 3 rings (SSSR count). The summed E-state index contributed by atoms with van der Waals surface area (Å²) in [5.74, 6) is -0.560. The summed E-state index contributed by atoms with van der Waals surface area (Å²) >= 11 is 1.33. The Bertz CT molecular complexity index is 813. The van der Waals surface area contributed by atoms with Crippen LogP contribution in [0.3, 0.4) is 0 Å². The highest BCUT2D eigenvalue weighted by atomic mass is 32.1. The molecule has 120 valence electrons. The van der Waals surface area contributed by atoms with E-state index >= 15 is 0 Å². The van der Waals surface area contributed by atoms with Gasteiger partial charge in [-0.2, -0.15) is 5.10 Å². The van der Waals surface area contributed by atoms with Crippen molar-refractivity contribution in [1.29, 1.82) is 0 Å². The number of rotatable bonds is 5. The standard InChI is InChI=1S/C16H17FN4OS/c1-11(2)15(22)21(10-9-20-8-4-7-18-20)16-19-14-12(17)5-3-6-13(14)23-16/h3-8,11H,9-10H2,1-2H3. The van der Waals surface area contributed by atoms with Crippen LogP contribution in [-0.2, 0) is 11.3 Å². The van der Waals surface area contributed by atoms with Gasteiger partial charge in [-0.05, 0) is 18.2 Å². The molecule has 2 heterocycles. The molecule has 0 spiro atoms. The van der Waals surface area contributed by atoms with E-state index in [0.29, 0.717) is 23.7 Å². The predicted molar refractivity (Wildman–Crippen MR) is 89.0 cm³/mol. The second-order valence-corrected chi connectivity index (χ2v) is 6.51. The second kappa shape index (κ2) is 6.45. The van der Waals surface area contributed by atoms with Crippen LogP contribution in [0.1, 0.15) is 13.8 Å². The van der Waals surface area contributed by atoms with E-state index in [9.17, 15) is 9.18 Å². The Balaban J connectivity index is 1.92. The van der Waals surface area contributed by atoms with Crippen LogP contribution >= 0.6 is 11.3 Å². The molecule has 0 aliphatic rings. The van der Waals surface area contributed by atoms with Crippen LogP contribution in [-0.4, -0.2) is 27.2 Å². The van der Waals surface area contributed by atoms with Gasteiger partial charge >= 0.3 is 0 Å². The van der Waals surface area contributed by atoms with Crippen LogP contribution < -0.4 is 4.90 Å². The lowest BCUT2D eigenvalue weighted by molar-refractivity contribution is -0.121. The average Bonchev–Trinajstić information content (AvgIpc) is 3.17. The van der Waals surface area contributed by atoms with Crippen LogP contribution in [0.2, 0.25) is 0 Å². The Kier molecular flexibility index (Phi) is 4.38. The van der Waals surface area contributed by atoms with Gasteiger partial charge in [0.25, 0.3) is 0 Å². The van der Waals surface area contributed by atoms with Crippen LogP contribution in [0.15, 0.2) is 36.7 Å². The molecule has 0 N–H and O–H groups in total. The normalized spacial score (nSPS) is 11.3. The number of carbonyl (C=O) groups excluding carboxylic acids is 1. The fourth-order valence-corrected chi connectivity index (χ4v) is 3.28. The first kappa shape index (κ1) is 15.6. The van der Waals surface area contributed by atoms with E-state index in [4.69, 9.17) is 0 Å². The third-order valence-corrected chi connectivity index (χ3v) is 4.50. The van der Waals surface area contributed by atoms with Gasteiger partial charge in [-0.3, -0.25) is 14.4 Å². The van der Waals surface area contributed by atoms with Crippen molar-refractivity contribution in [2.45, 2.75) is 20.4 Å². The van der Waals surface area contributed by atoms with Gasteiger partial charge in [0.1, 0.15) is 11.3 Å². The van der Waals surface area contributed by atoms with E-state index in [1.165, 1.54) is 17.4 Å². The van der Waals surface area contributed by atoms with Crippen molar-refractivity contribution < 1.29 is 9.18 Å². The third kappa shape index (κ3) is 3.24. The molecule has 23 heavy (non-hydrogen) atoms. The molecule has 0 saturated heterocycles. The van der Waals surface area contributed by atoms with Crippen molar-refractivity contribution in [3.63, 3.8) is 0 Å². The van der Waals surface area contributed by atoms with Gasteiger partial charge in [-0.1, -0.05) is 31.3 Å². The Hall–Kier alpha value is -2.28. The summed E-state index contributed by atoms with van der Waals surface area (Å²) in [5.41, 5.74) is 0.313. The molecule has 0 bridgehead atoms. The number of halogens is 1. The lowest BCUT2D eigenvalue weighted by Gasteiger charge is -2.21. The monoisotopic (exact) mass is 332 g/mol. The first-order valence-electron chi connectivity index (χ1n) is 7.40. The molecule has 5 nitrogen and oxygen atoms in total. The fraction of sp³-hybridized carbons (Fsp3) is 0.312. The van der Waals surface area contributed by atoms with Crippen LogP contribution in [0.25, 0.3) is 10.2 Å². The summed E-state index contributed by atoms with van der Waals surface area (Å²) < 4.78 is 16.4. The minimum Gasteiger partial charge on any atom is -0.286 e. The lowest BCUT2D eigenvalue weighted by atomic mass is 10.2. The molecule has 0 fully saturated rings. The molecule has 2 aromatic heterocycles. The Labute approximate surface area is 137 Å². The number of hydrogen-bond acceptors (Lipinski definition) is 4. The Morgan fingerprint density at radius 1 is 1.39 bits per heavy atom. The van der Waals surface area contributed by atoms with Crippen molar-refractivity contribution >= 4 is 32.6 Å². The third-order valence-electron chi connectivity index (χ3n) is 3.46. The highest BCUT2D eigenvalue weighted by Gasteiger charge is 2.22. The summed E-state index contributed by atoms with van der Waals surface area (Å²) in [5, 5.41) is 4.67. The van der Waals surface area contributed by atoms with Crippen molar-refractivity contribution in [2.75, 3.05) is 11.4 Å². The maximum atomic E-state index is 13.9. The molecule has 3 aromatic rings. The quantitative estimate of drug-likeness (QED) is 0.720. The number of benzene rings is 1.